The van der Waals surface area contributed by atoms with Crippen LogP contribution in [-0.4, -0.2) is 0 Å². The van der Waals surface area contributed by atoms with E-state index in [4.69, 9.17) is 5.73 Å². The van der Waals surface area contributed by atoms with Crippen LogP contribution in [0.4, 0.5) is 18.9 Å². The van der Waals surface area contributed by atoms with Gasteiger partial charge in [0.05, 0.1) is 5.56 Å². The Balaban J connectivity index is 2.66. The first-order valence-electron chi connectivity index (χ1n) is 3.78. The molecule has 1 nitrogen and oxygen atoms in total. The molecule has 0 bridgehead atoms. The lowest BCUT2D eigenvalue weighted by atomic mass is 10.1. The number of benzene rings is 1. The fourth-order valence-corrected chi connectivity index (χ4v) is 2.02. The van der Waals surface area contributed by atoms with Crippen molar-refractivity contribution in [3.8, 4) is 0 Å². The highest BCUT2D eigenvalue weighted by Crippen LogP contribution is 2.37. The number of rotatable bonds is 0. The molecule has 0 aliphatic carbocycles. The van der Waals surface area contributed by atoms with Gasteiger partial charge in [-0.2, -0.15) is 13.2 Å². The predicted molar refractivity (Wildman–Crippen MR) is 50.8 cm³/mol. The van der Waals surface area contributed by atoms with E-state index in [0.717, 1.165) is 12.1 Å². The minimum atomic E-state index is -4.33. The minimum absolute atomic E-state index is 0.149. The number of fused-ring (bicyclic) bond motifs is 1. The smallest absolute Gasteiger partial charge is 0.416 e. The van der Waals surface area contributed by atoms with Crippen molar-refractivity contribution in [2.24, 2.45) is 0 Å². The fraction of sp³-hybridized carbons (Fsp3) is 0.111. The largest absolute Gasteiger partial charge is 0.698 e. The maximum atomic E-state index is 12.3. The van der Waals surface area contributed by atoms with Gasteiger partial charge in [0.15, 0.2) is 0 Å². The number of hydrogen-bond acceptors (Lipinski definition) is 1. The van der Waals surface area contributed by atoms with Crippen molar-refractivity contribution >= 4 is 27.1 Å². The zero-order valence-electron chi connectivity index (χ0n) is 6.85. The van der Waals surface area contributed by atoms with Crippen LogP contribution in [-0.2, 0) is 6.18 Å². The molecule has 0 spiro atoms. The Kier molecular flexibility index (Phi) is 1.92. The molecule has 5 heteroatoms. The Morgan fingerprint density at radius 2 is 1.93 bits per heavy atom. The summed E-state index contributed by atoms with van der Waals surface area (Å²) in [5.74, 6) is 0. The van der Waals surface area contributed by atoms with E-state index in [1.807, 2.05) is 0 Å². The molecule has 1 heterocycles. The third-order valence-electron chi connectivity index (χ3n) is 1.90. The average molecular weight is 216 g/mol. The second-order valence-corrected chi connectivity index (χ2v) is 3.77. The van der Waals surface area contributed by atoms with E-state index in [2.05, 4.69) is 0 Å². The molecule has 0 amide bonds. The third kappa shape index (κ3) is 1.43. The Morgan fingerprint density at radius 1 is 1.21 bits per heavy atom. The van der Waals surface area contributed by atoms with Crippen molar-refractivity contribution in [2.45, 2.75) is 6.18 Å². The van der Waals surface area contributed by atoms with Crippen LogP contribution in [0.3, 0.4) is 0 Å². The molecule has 0 radical (unpaired) electrons. The SMILES string of the molecule is [NH-]c1csc2ccc(C(F)(F)F)cc12. The molecule has 2 aromatic rings. The molecular weight excluding hydrogens is 211 g/mol. The molecule has 0 atom stereocenters. The lowest BCUT2D eigenvalue weighted by molar-refractivity contribution is -0.137. The van der Waals surface area contributed by atoms with Crippen LogP contribution in [0.1, 0.15) is 5.56 Å². The van der Waals surface area contributed by atoms with Crippen LogP contribution in [0.25, 0.3) is 15.8 Å². The summed E-state index contributed by atoms with van der Waals surface area (Å²) >= 11 is 1.28. The highest BCUT2D eigenvalue weighted by molar-refractivity contribution is 7.17. The van der Waals surface area contributed by atoms with Crippen molar-refractivity contribution in [1.29, 1.82) is 0 Å². The summed E-state index contributed by atoms with van der Waals surface area (Å²) in [5.41, 5.74) is 6.84. The zero-order valence-corrected chi connectivity index (χ0v) is 7.67. The molecule has 74 valence electrons. The summed E-state index contributed by atoms with van der Waals surface area (Å²) in [6.45, 7) is 0. The summed E-state index contributed by atoms with van der Waals surface area (Å²) in [6, 6.07) is 3.47. The van der Waals surface area contributed by atoms with Crippen molar-refractivity contribution in [1.82, 2.24) is 0 Å². The van der Waals surface area contributed by atoms with E-state index >= 15 is 0 Å². The Labute approximate surface area is 82.0 Å². The zero-order chi connectivity index (χ0) is 10.3. The highest BCUT2D eigenvalue weighted by atomic mass is 32.1. The molecule has 2 rings (SSSR count). The first-order valence-corrected chi connectivity index (χ1v) is 4.66. The van der Waals surface area contributed by atoms with E-state index in [9.17, 15) is 13.2 Å². The summed E-state index contributed by atoms with van der Waals surface area (Å²) in [5, 5.41) is 1.90. The van der Waals surface area contributed by atoms with Crippen LogP contribution in [0.15, 0.2) is 23.6 Å². The second-order valence-electron chi connectivity index (χ2n) is 2.86. The normalized spacial score (nSPS) is 12.2. The first kappa shape index (κ1) is 9.33. The third-order valence-corrected chi connectivity index (χ3v) is 2.86. The molecule has 1 aromatic carbocycles. The van der Waals surface area contributed by atoms with Gasteiger partial charge in [-0.25, -0.2) is 0 Å². The van der Waals surface area contributed by atoms with Gasteiger partial charge in [0.1, 0.15) is 0 Å². The molecule has 0 saturated heterocycles. The van der Waals surface area contributed by atoms with Crippen LogP contribution in [0.5, 0.6) is 0 Å². The maximum Gasteiger partial charge on any atom is 0.416 e. The van der Waals surface area contributed by atoms with Gasteiger partial charge in [0.2, 0.25) is 0 Å². The number of thiophene rings is 1. The Bertz CT molecular complexity index is 472. The average Bonchev–Trinajstić information content (AvgIpc) is 2.46. The highest BCUT2D eigenvalue weighted by Gasteiger charge is 2.30. The van der Waals surface area contributed by atoms with Gasteiger partial charge in [0.25, 0.3) is 0 Å². The van der Waals surface area contributed by atoms with Crippen molar-refractivity contribution in [2.75, 3.05) is 0 Å². The van der Waals surface area contributed by atoms with Gasteiger partial charge in [-0.15, -0.1) is 17.0 Å². The van der Waals surface area contributed by atoms with E-state index in [-0.39, 0.29) is 5.69 Å². The lowest BCUT2D eigenvalue weighted by Crippen LogP contribution is -2.03. The molecule has 0 fully saturated rings. The van der Waals surface area contributed by atoms with E-state index in [1.165, 1.54) is 22.8 Å². The van der Waals surface area contributed by atoms with Crippen LogP contribution in [0, 0.1) is 0 Å². The van der Waals surface area contributed by atoms with E-state index in [0.29, 0.717) is 10.1 Å². The summed E-state index contributed by atoms with van der Waals surface area (Å²) in [4.78, 5) is 0. The van der Waals surface area contributed by atoms with Crippen molar-refractivity contribution in [3.05, 3.63) is 34.9 Å². The molecule has 0 aliphatic rings. The van der Waals surface area contributed by atoms with Crippen molar-refractivity contribution in [3.63, 3.8) is 0 Å². The molecular formula is C9H5F3NS-. The number of halogens is 3. The summed E-state index contributed by atoms with van der Waals surface area (Å²) < 4.78 is 37.6. The predicted octanol–water partition coefficient (Wildman–Crippen LogP) is 4.60. The molecule has 1 aromatic heterocycles. The quantitative estimate of drug-likeness (QED) is 0.614. The Morgan fingerprint density at radius 3 is 2.57 bits per heavy atom. The Hall–Kier alpha value is -1.23. The monoisotopic (exact) mass is 216 g/mol. The minimum Gasteiger partial charge on any atom is -0.698 e. The van der Waals surface area contributed by atoms with E-state index in [1.54, 1.807) is 0 Å². The van der Waals surface area contributed by atoms with Gasteiger partial charge in [-0.3, -0.25) is 0 Å². The topological polar surface area (TPSA) is 23.8 Å². The standard InChI is InChI=1S/C9H5F3NS/c10-9(11,12)5-1-2-8-6(3-5)7(13)4-14-8/h1-4,13H/q-1. The molecule has 0 aliphatic heterocycles. The number of alkyl halides is 3. The summed E-state index contributed by atoms with van der Waals surface area (Å²) in [7, 11) is 0. The van der Waals surface area contributed by atoms with Crippen LogP contribution in [0.2, 0.25) is 0 Å². The maximum absolute atomic E-state index is 12.3. The van der Waals surface area contributed by atoms with Gasteiger partial charge >= 0.3 is 6.18 Å². The first-order chi connectivity index (χ1) is 6.48. The number of hydrogen-bond donors (Lipinski definition) is 0. The van der Waals surface area contributed by atoms with Gasteiger partial charge in [-0.05, 0) is 29.0 Å². The fourth-order valence-electron chi connectivity index (χ4n) is 1.21. The molecule has 0 unspecified atom stereocenters. The lowest BCUT2D eigenvalue weighted by Gasteiger charge is -2.07. The van der Waals surface area contributed by atoms with Gasteiger partial charge in [-0.1, -0.05) is 0 Å². The van der Waals surface area contributed by atoms with Gasteiger partial charge < -0.3 is 5.73 Å². The van der Waals surface area contributed by atoms with Crippen molar-refractivity contribution < 1.29 is 13.2 Å². The second kappa shape index (κ2) is 2.88. The molecule has 0 saturated carbocycles. The van der Waals surface area contributed by atoms with Crippen LogP contribution < -0.4 is 0 Å². The molecule has 14 heavy (non-hydrogen) atoms. The van der Waals surface area contributed by atoms with Gasteiger partial charge in [0, 0.05) is 4.70 Å². The molecule has 1 N–H and O–H groups in total. The summed E-state index contributed by atoms with van der Waals surface area (Å²) in [6.07, 6.45) is -4.33. The van der Waals surface area contributed by atoms with Crippen LogP contribution >= 0.6 is 11.3 Å². The number of nitrogens with one attached hydrogen (secondary N) is 1. The van der Waals surface area contributed by atoms with E-state index < -0.39 is 11.7 Å².